The van der Waals surface area contributed by atoms with Crippen LogP contribution in [0.15, 0.2) is 4.42 Å². The van der Waals surface area contributed by atoms with Crippen LogP contribution in [0.4, 0.5) is 6.01 Å². The van der Waals surface area contributed by atoms with E-state index in [1.807, 2.05) is 13.8 Å². The number of nitrogens with zero attached hydrogens (tertiary/aromatic N) is 3. The van der Waals surface area contributed by atoms with E-state index in [4.69, 9.17) is 9.68 Å². The molecule has 4 nitrogen and oxygen atoms in total. The summed E-state index contributed by atoms with van der Waals surface area (Å²) in [5.41, 5.74) is 0.440. The maximum atomic E-state index is 8.99. The van der Waals surface area contributed by atoms with Gasteiger partial charge in [-0.15, -0.1) is 0 Å². The monoisotopic (exact) mass is 219 g/mol. The highest BCUT2D eigenvalue weighted by atomic mass is 16.4. The Morgan fingerprint density at radius 3 is 2.50 bits per heavy atom. The van der Waals surface area contributed by atoms with Gasteiger partial charge in [-0.3, -0.25) is 0 Å². The van der Waals surface area contributed by atoms with Crippen molar-refractivity contribution in [3.8, 4) is 6.07 Å². The minimum Gasteiger partial charge on any atom is -0.427 e. The highest BCUT2D eigenvalue weighted by molar-refractivity contribution is 5.36. The lowest BCUT2D eigenvalue weighted by atomic mass is 10.1. The molecule has 0 bridgehead atoms. The summed E-state index contributed by atoms with van der Waals surface area (Å²) in [4.78, 5) is 6.41. The molecule has 0 spiro atoms. The molecule has 0 amide bonds. The molecule has 1 aromatic heterocycles. The van der Waals surface area contributed by atoms with Gasteiger partial charge in [0.2, 0.25) is 0 Å². The molecule has 0 aromatic carbocycles. The molecule has 0 unspecified atom stereocenters. The zero-order chi connectivity index (χ0) is 11.5. The molecule has 16 heavy (non-hydrogen) atoms. The first-order chi connectivity index (χ1) is 7.72. The van der Waals surface area contributed by atoms with Crippen molar-refractivity contribution in [1.29, 1.82) is 5.26 Å². The van der Waals surface area contributed by atoms with E-state index in [1.54, 1.807) is 0 Å². The first-order valence-electron chi connectivity index (χ1n) is 5.88. The predicted octanol–water partition coefficient (Wildman–Crippen LogP) is 2.66. The zero-order valence-corrected chi connectivity index (χ0v) is 9.86. The quantitative estimate of drug-likeness (QED) is 0.767. The Morgan fingerprint density at radius 2 is 2.00 bits per heavy atom. The lowest BCUT2D eigenvalue weighted by Crippen LogP contribution is -2.29. The summed E-state index contributed by atoms with van der Waals surface area (Å²) in [6.45, 7) is 6.01. The van der Waals surface area contributed by atoms with Crippen LogP contribution in [0.3, 0.4) is 0 Å². The average molecular weight is 219 g/mol. The maximum Gasteiger partial charge on any atom is 0.298 e. The largest absolute Gasteiger partial charge is 0.427 e. The van der Waals surface area contributed by atoms with Crippen LogP contribution in [0.5, 0.6) is 0 Å². The second kappa shape index (κ2) is 4.56. The molecular formula is C12H17N3O. The molecule has 2 rings (SSSR count). The van der Waals surface area contributed by atoms with Crippen LogP contribution in [0.1, 0.15) is 50.5 Å². The van der Waals surface area contributed by atoms with E-state index in [1.165, 1.54) is 19.3 Å². The van der Waals surface area contributed by atoms with Crippen LogP contribution in [-0.2, 0) is 0 Å². The molecular weight excluding hydrogens is 202 g/mol. The summed E-state index contributed by atoms with van der Waals surface area (Å²) in [5, 5.41) is 8.99. The van der Waals surface area contributed by atoms with Crippen LogP contribution in [-0.4, -0.2) is 18.1 Å². The molecule has 1 aromatic rings. The van der Waals surface area contributed by atoms with Crippen LogP contribution >= 0.6 is 0 Å². The first kappa shape index (κ1) is 11.0. The van der Waals surface area contributed by atoms with E-state index < -0.39 is 0 Å². The summed E-state index contributed by atoms with van der Waals surface area (Å²) in [5.74, 6) is 0.920. The van der Waals surface area contributed by atoms with Gasteiger partial charge < -0.3 is 9.32 Å². The molecule has 0 saturated carbocycles. The normalized spacial score (nSPS) is 16.5. The van der Waals surface area contributed by atoms with Gasteiger partial charge in [0.25, 0.3) is 6.01 Å². The minimum atomic E-state index is 0.209. The maximum absolute atomic E-state index is 8.99. The Hall–Kier alpha value is -1.50. The van der Waals surface area contributed by atoms with E-state index >= 15 is 0 Å². The number of hydrogen-bond acceptors (Lipinski definition) is 4. The topological polar surface area (TPSA) is 53.1 Å². The third-order valence-electron chi connectivity index (χ3n) is 2.90. The van der Waals surface area contributed by atoms with Gasteiger partial charge in [-0.1, -0.05) is 13.8 Å². The van der Waals surface area contributed by atoms with Crippen molar-refractivity contribution in [2.75, 3.05) is 18.0 Å². The SMILES string of the molecule is CC(C)c1oc(N2CCCCC2)nc1C#N. The lowest BCUT2D eigenvalue weighted by Gasteiger charge is -2.24. The molecule has 1 saturated heterocycles. The molecule has 1 aliphatic heterocycles. The third-order valence-corrected chi connectivity index (χ3v) is 2.90. The van der Waals surface area contributed by atoms with Gasteiger partial charge in [0, 0.05) is 19.0 Å². The van der Waals surface area contributed by atoms with Crippen molar-refractivity contribution in [2.24, 2.45) is 0 Å². The Morgan fingerprint density at radius 1 is 1.31 bits per heavy atom. The molecule has 1 aliphatic rings. The number of nitriles is 1. The van der Waals surface area contributed by atoms with E-state index in [0.29, 0.717) is 17.5 Å². The molecule has 86 valence electrons. The number of rotatable bonds is 2. The molecule has 1 fully saturated rings. The van der Waals surface area contributed by atoms with Gasteiger partial charge in [-0.05, 0) is 19.3 Å². The van der Waals surface area contributed by atoms with Gasteiger partial charge in [0.1, 0.15) is 11.8 Å². The standard InChI is InChI=1S/C12H17N3O/c1-9(2)11-10(8-13)14-12(16-11)15-6-4-3-5-7-15/h9H,3-7H2,1-2H3. The molecule has 0 aliphatic carbocycles. The molecule has 0 radical (unpaired) electrons. The van der Waals surface area contributed by atoms with Crippen molar-refractivity contribution < 1.29 is 4.42 Å². The second-order valence-electron chi connectivity index (χ2n) is 4.52. The fourth-order valence-corrected chi connectivity index (χ4v) is 2.01. The smallest absolute Gasteiger partial charge is 0.298 e. The number of anilines is 1. The fourth-order valence-electron chi connectivity index (χ4n) is 2.01. The van der Waals surface area contributed by atoms with E-state index in [2.05, 4.69) is 16.0 Å². The summed E-state index contributed by atoms with van der Waals surface area (Å²) in [6.07, 6.45) is 3.64. The molecule has 4 heteroatoms. The van der Waals surface area contributed by atoms with Crippen LogP contribution in [0.25, 0.3) is 0 Å². The average Bonchev–Trinajstić information content (AvgIpc) is 2.74. The van der Waals surface area contributed by atoms with Gasteiger partial charge in [-0.25, -0.2) is 0 Å². The molecule has 2 heterocycles. The van der Waals surface area contributed by atoms with E-state index in [-0.39, 0.29) is 5.92 Å². The van der Waals surface area contributed by atoms with Crippen molar-refractivity contribution >= 4 is 6.01 Å². The lowest BCUT2D eigenvalue weighted by molar-refractivity contribution is 0.452. The predicted molar refractivity (Wildman–Crippen MR) is 61.4 cm³/mol. The van der Waals surface area contributed by atoms with Gasteiger partial charge in [0.05, 0.1) is 0 Å². The summed E-state index contributed by atoms with van der Waals surface area (Å²) in [6, 6.07) is 2.73. The zero-order valence-electron chi connectivity index (χ0n) is 9.86. The van der Waals surface area contributed by atoms with Crippen LogP contribution in [0, 0.1) is 11.3 Å². The van der Waals surface area contributed by atoms with Crippen LogP contribution in [0.2, 0.25) is 0 Å². The van der Waals surface area contributed by atoms with Gasteiger partial charge in [0.15, 0.2) is 5.69 Å². The van der Waals surface area contributed by atoms with E-state index in [9.17, 15) is 0 Å². The van der Waals surface area contributed by atoms with E-state index in [0.717, 1.165) is 13.1 Å². The molecule has 0 atom stereocenters. The summed E-state index contributed by atoms with van der Waals surface area (Å²) in [7, 11) is 0. The van der Waals surface area contributed by atoms with Gasteiger partial charge in [-0.2, -0.15) is 10.2 Å². The van der Waals surface area contributed by atoms with Crippen molar-refractivity contribution in [3.05, 3.63) is 11.5 Å². The Labute approximate surface area is 95.9 Å². The second-order valence-corrected chi connectivity index (χ2v) is 4.52. The fraction of sp³-hybridized carbons (Fsp3) is 0.667. The number of aromatic nitrogens is 1. The summed E-state index contributed by atoms with van der Waals surface area (Å²) >= 11 is 0. The van der Waals surface area contributed by atoms with Gasteiger partial charge >= 0.3 is 0 Å². The Kier molecular flexibility index (Phi) is 3.14. The van der Waals surface area contributed by atoms with Crippen LogP contribution < -0.4 is 4.90 Å². The third kappa shape index (κ3) is 2.04. The molecule has 0 N–H and O–H groups in total. The van der Waals surface area contributed by atoms with Crippen molar-refractivity contribution in [3.63, 3.8) is 0 Å². The highest BCUT2D eigenvalue weighted by Gasteiger charge is 2.21. The summed E-state index contributed by atoms with van der Waals surface area (Å²) < 4.78 is 5.70. The minimum absolute atomic E-state index is 0.209. The Bertz CT molecular complexity index is 397. The highest BCUT2D eigenvalue weighted by Crippen LogP contribution is 2.26. The first-order valence-corrected chi connectivity index (χ1v) is 5.88. The van der Waals surface area contributed by atoms with Crippen molar-refractivity contribution in [2.45, 2.75) is 39.0 Å². The number of hydrogen-bond donors (Lipinski definition) is 0. The van der Waals surface area contributed by atoms with Crippen molar-refractivity contribution in [1.82, 2.24) is 4.98 Å². The number of piperidine rings is 1. The Balaban J connectivity index is 2.25. The number of oxazole rings is 1.